The van der Waals surface area contributed by atoms with Gasteiger partial charge in [-0.1, -0.05) is 36.4 Å². The normalized spacial score (nSPS) is 21.5. The molecule has 1 N–H and O–H groups in total. The van der Waals surface area contributed by atoms with Crippen LogP contribution in [0.1, 0.15) is 23.6 Å². The number of hydrogen-bond acceptors (Lipinski definition) is 3. The van der Waals surface area contributed by atoms with Crippen LogP contribution in [0.25, 0.3) is 0 Å². The number of carbonyl (C=O) groups is 3. The van der Waals surface area contributed by atoms with Gasteiger partial charge in [-0.25, -0.2) is 9.18 Å². The van der Waals surface area contributed by atoms with E-state index in [1.807, 2.05) is 12.1 Å². The summed E-state index contributed by atoms with van der Waals surface area (Å²) < 4.78 is 14.1. The van der Waals surface area contributed by atoms with Gasteiger partial charge in [-0.05, 0) is 29.7 Å². The molecule has 2 heterocycles. The number of carboxylic acids is 1. The van der Waals surface area contributed by atoms with E-state index in [2.05, 4.69) is 0 Å². The third-order valence-electron chi connectivity index (χ3n) is 5.42. The highest BCUT2D eigenvalue weighted by Crippen LogP contribution is 2.34. The monoisotopic (exact) mass is 382 g/mol. The van der Waals surface area contributed by atoms with E-state index in [9.17, 15) is 23.9 Å². The Morgan fingerprint density at radius 3 is 2.54 bits per heavy atom. The molecule has 2 amide bonds. The zero-order valence-electron chi connectivity index (χ0n) is 15.0. The number of aliphatic carboxylic acids is 1. The number of hydrogen-bond donors (Lipinski definition) is 1. The van der Waals surface area contributed by atoms with E-state index in [4.69, 9.17) is 0 Å². The fraction of sp³-hybridized carbons (Fsp3) is 0.286. The summed E-state index contributed by atoms with van der Waals surface area (Å²) in [4.78, 5) is 40.1. The third kappa shape index (κ3) is 3.02. The molecule has 1 saturated heterocycles. The van der Waals surface area contributed by atoms with Crippen LogP contribution in [-0.2, 0) is 20.8 Å². The summed E-state index contributed by atoms with van der Waals surface area (Å²) in [6.45, 7) is 0.320. The van der Waals surface area contributed by atoms with Gasteiger partial charge in [-0.15, -0.1) is 0 Å². The van der Waals surface area contributed by atoms with Crippen LogP contribution in [0.2, 0.25) is 0 Å². The number of halogens is 1. The van der Waals surface area contributed by atoms with Crippen molar-refractivity contribution in [2.24, 2.45) is 5.92 Å². The molecule has 7 heteroatoms. The maximum absolute atomic E-state index is 14.1. The molecule has 0 spiro atoms. The van der Waals surface area contributed by atoms with Gasteiger partial charge < -0.3 is 14.9 Å². The fourth-order valence-corrected chi connectivity index (χ4v) is 4.08. The van der Waals surface area contributed by atoms with Crippen molar-refractivity contribution < 1.29 is 23.9 Å². The molecular formula is C21H19FN2O4. The summed E-state index contributed by atoms with van der Waals surface area (Å²) >= 11 is 0. The summed E-state index contributed by atoms with van der Waals surface area (Å²) in [5.41, 5.74) is 1.65. The number of carboxylic acid groups (broad SMARTS) is 1. The van der Waals surface area contributed by atoms with Gasteiger partial charge in [-0.2, -0.15) is 0 Å². The summed E-state index contributed by atoms with van der Waals surface area (Å²) in [5, 5.41) is 9.74. The molecule has 144 valence electrons. The van der Waals surface area contributed by atoms with E-state index >= 15 is 0 Å². The highest BCUT2D eigenvalue weighted by molar-refractivity contribution is 6.01. The molecule has 2 aromatic rings. The summed E-state index contributed by atoms with van der Waals surface area (Å²) in [6, 6.07) is 12.0. The van der Waals surface area contributed by atoms with E-state index in [1.165, 1.54) is 28.0 Å². The van der Waals surface area contributed by atoms with Crippen molar-refractivity contribution >= 4 is 23.5 Å². The van der Waals surface area contributed by atoms with Crippen molar-refractivity contribution in [1.82, 2.24) is 4.90 Å². The van der Waals surface area contributed by atoms with Crippen LogP contribution in [0.4, 0.5) is 10.1 Å². The lowest BCUT2D eigenvalue weighted by Gasteiger charge is -2.36. The maximum Gasteiger partial charge on any atom is 0.331 e. The van der Waals surface area contributed by atoms with Gasteiger partial charge >= 0.3 is 5.97 Å². The average molecular weight is 382 g/mol. The predicted octanol–water partition coefficient (Wildman–Crippen LogP) is 2.39. The SMILES string of the molecule is O=C(O)C1c2ccccc2CCN1C(=O)C1CC(=O)N(c2ccccc2F)C1. The lowest BCUT2D eigenvalue weighted by atomic mass is 9.91. The molecule has 0 aliphatic carbocycles. The Balaban J connectivity index is 1.59. The Kier molecular flexibility index (Phi) is 4.58. The van der Waals surface area contributed by atoms with Gasteiger partial charge in [0.05, 0.1) is 11.6 Å². The first-order valence-electron chi connectivity index (χ1n) is 9.13. The van der Waals surface area contributed by atoms with E-state index in [1.54, 1.807) is 18.2 Å². The fourth-order valence-electron chi connectivity index (χ4n) is 4.08. The number of rotatable bonds is 3. The van der Waals surface area contributed by atoms with E-state index in [0.29, 0.717) is 12.0 Å². The lowest BCUT2D eigenvalue weighted by molar-refractivity contribution is -0.152. The molecule has 2 unspecified atom stereocenters. The highest BCUT2D eigenvalue weighted by Gasteiger charge is 2.43. The number of para-hydroxylation sites is 1. The van der Waals surface area contributed by atoms with Crippen LogP contribution in [0.15, 0.2) is 48.5 Å². The second-order valence-electron chi connectivity index (χ2n) is 7.08. The summed E-state index contributed by atoms with van der Waals surface area (Å²) in [5.74, 6) is -3.05. The van der Waals surface area contributed by atoms with Crippen LogP contribution in [0, 0.1) is 11.7 Å². The first-order valence-corrected chi connectivity index (χ1v) is 9.13. The zero-order valence-corrected chi connectivity index (χ0v) is 15.0. The second-order valence-corrected chi connectivity index (χ2v) is 7.08. The molecule has 6 nitrogen and oxygen atoms in total. The van der Waals surface area contributed by atoms with E-state index in [-0.39, 0.29) is 37.0 Å². The minimum atomic E-state index is -1.10. The lowest BCUT2D eigenvalue weighted by Crippen LogP contribution is -2.46. The first-order chi connectivity index (χ1) is 13.5. The van der Waals surface area contributed by atoms with Gasteiger partial charge in [0.15, 0.2) is 6.04 Å². The number of anilines is 1. The predicted molar refractivity (Wildman–Crippen MR) is 99.1 cm³/mol. The third-order valence-corrected chi connectivity index (χ3v) is 5.42. The Morgan fingerprint density at radius 2 is 1.79 bits per heavy atom. The maximum atomic E-state index is 14.1. The Morgan fingerprint density at radius 1 is 1.07 bits per heavy atom. The quantitative estimate of drug-likeness (QED) is 0.884. The molecule has 2 aliphatic heterocycles. The summed E-state index contributed by atoms with van der Waals surface area (Å²) in [6.07, 6.45) is 0.501. The standard InChI is InChI=1S/C21H19FN2O4/c22-16-7-3-4-8-17(16)24-12-14(11-18(24)25)20(26)23-10-9-13-5-1-2-6-15(13)19(23)21(27)28/h1-8,14,19H,9-12H2,(H,27,28). The second kappa shape index (κ2) is 7.07. The number of nitrogens with zero attached hydrogens (tertiary/aromatic N) is 2. The molecule has 0 bridgehead atoms. The molecule has 2 atom stereocenters. The number of benzene rings is 2. The molecule has 4 rings (SSSR count). The van der Waals surface area contributed by atoms with Gasteiger partial charge in [0.2, 0.25) is 11.8 Å². The van der Waals surface area contributed by atoms with Crippen molar-refractivity contribution in [3.63, 3.8) is 0 Å². The van der Waals surface area contributed by atoms with Crippen molar-refractivity contribution in [1.29, 1.82) is 0 Å². The number of amides is 2. The van der Waals surface area contributed by atoms with Crippen molar-refractivity contribution in [2.75, 3.05) is 18.0 Å². The molecule has 1 fully saturated rings. The van der Waals surface area contributed by atoms with E-state index in [0.717, 1.165) is 5.56 Å². The molecule has 0 radical (unpaired) electrons. The molecule has 2 aromatic carbocycles. The van der Waals surface area contributed by atoms with Crippen LogP contribution >= 0.6 is 0 Å². The first kappa shape index (κ1) is 18.2. The summed E-state index contributed by atoms with van der Waals surface area (Å²) in [7, 11) is 0. The Bertz CT molecular complexity index is 961. The van der Waals surface area contributed by atoms with Crippen LogP contribution in [0.3, 0.4) is 0 Å². The number of carbonyl (C=O) groups excluding carboxylic acids is 2. The molecule has 28 heavy (non-hydrogen) atoms. The smallest absolute Gasteiger partial charge is 0.331 e. The average Bonchev–Trinajstić information content (AvgIpc) is 3.08. The molecule has 2 aliphatic rings. The van der Waals surface area contributed by atoms with Crippen molar-refractivity contribution in [3.8, 4) is 0 Å². The topological polar surface area (TPSA) is 77.9 Å². The molecular weight excluding hydrogens is 363 g/mol. The zero-order chi connectivity index (χ0) is 19.8. The van der Waals surface area contributed by atoms with E-state index < -0.39 is 23.7 Å². The largest absolute Gasteiger partial charge is 0.479 e. The van der Waals surface area contributed by atoms with Gasteiger partial charge in [0.25, 0.3) is 0 Å². The Labute approximate surface area is 161 Å². The van der Waals surface area contributed by atoms with Crippen LogP contribution < -0.4 is 4.90 Å². The van der Waals surface area contributed by atoms with Crippen LogP contribution in [-0.4, -0.2) is 40.9 Å². The van der Waals surface area contributed by atoms with Crippen molar-refractivity contribution in [2.45, 2.75) is 18.9 Å². The van der Waals surface area contributed by atoms with Gasteiger partial charge in [0, 0.05) is 19.5 Å². The minimum Gasteiger partial charge on any atom is -0.479 e. The minimum absolute atomic E-state index is 0.0447. The van der Waals surface area contributed by atoms with Crippen LogP contribution in [0.5, 0.6) is 0 Å². The highest BCUT2D eigenvalue weighted by atomic mass is 19.1. The molecule has 0 saturated carbocycles. The van der Waals surface area contributed by atoms with Crippen molar-refractivity contribution in [3.05, 3.63) is 65.5 Å². The Hall–Kier alpha value is -3.22. The van der Waals surface area contributed by atoms with Gasteiger partial charge in [-0.3, -0.25) is 9.59 Å². The number of fused-ring (bicyclic) bond motifs is 1. The van der Waals surface area contributed by atoms with Gasteiger partial charge in [0.1, 0.15) is 5.82 Å². The molecule has 0 aromatic heterocycles.